The monoisotopic (exact) mass is 288 g/mol. The highest BCUT2D eigenvalue weighted by molar-refractivity contribution is 5.68. The van der Waals surface area contributed by atoms with Crippen LogP contribution in [0.4, 0.5) is 11.4 Å². The van der Waals surface area contributed by atoms with Gasteiger partial charge in [-0.1, -0.05) is 30.3 Å². The summed E-state index contributed by atoms with van der Waals surface area (Å²) in [6.45, 7) is 0.483. The van der Waals surface area contributed by atoms with E-state index in [1.54, 1.807) is 6.07 Å². The zero-order chi connectivity index (χ0) is 15.2. The first-order chi connectivity index (χ1) is 10.2. The maximum Gasteiger partial charge on any atom is 0.296 e. The average Bonchev–Trinajstić information content (AvgIpc) is 2.52. The number of ether oxygens (including phenoxy) is 2. The van der Waals surface area contributed by atoms with Gasteiger partial charge in [0.2, 0.25) is 0 Å². The van der Waals surface area contributed by atoms with Gasteiger partial charge in [-0.3, -0.25) is 10.1 Å². The molecule has 21 heavy (non-hydrogen) atoms. The number of nitrogens with one attached hydrogen (secondary N) is 1. The smallest absolute Gasteiger partial charge is 0.296 e. The van der Waals surface area contributed by atoms with E-state index in [1.165, 1.54) is 20.3 Å². The van der Waals surface area contributed by atoms with E-state index in [-0.39, 0.29) is 5.69 Å². The summed E-state index contributed by atoms with van der Waals surface area (Å²) in [6.07, 6.45) is 0. The molecule has 0 amide bonds. The Bertz CT molecular complexity index is 629. The van der Waals surface area contributed by atoms with Crippen molar-refractivity contribution in [3.63, 3.8) is 0 Å². The number of methoxy groups -OCH3 is 2. The first-order valence-electron chi connectivity index (χ1n) is 6.34. The zero-order valence-electron chi connectivity index (χ0n) is 11.8. The van der Waals surface area contributed by atoms with Gasteiger partial charge in [0, 0.05) is 12.6 Å². The van der Waals surface area contributed by atoms with Crippen molar-refractivity contribution in [3.05, 3.63) is 58.1 Å². The molecule has 0 aliphatic carbocycles. The second-order valence-electron chi connectivity index (χ2n) is 4.32. The lowest BCUT2D eigenvalue weighted by Gasteiger charge is -2.12. The number of nitro groups is 1. The summed E-state index contributed by atoms with van der Waals surface area (Å²) in [5.74, 6) is 0.771. The fourth-order valence-corrected chi connectivity index (χ4v) is 1.95. The standard InChI is InChI=1S/C15H16N2O4/c1-20-14-8-12(13(17(18)19)9-15(14)21-2)16-10-11-6-4-3-5-7-11/h3-9,16H,10H2,1-2H3. The minimum atomic E-state index is -0.449. The summed E-state index contributed by atoms with van der Waals surface area (Å²) >= 11 is 0. The average molecular weight is 288 g/mol. The Kier molecular flexibility index (Phi) is 4.61. The van der Waals surface area contributed by atoms with Crippen LogP contribution in [0, 0.1) is 10.1 Å². The van der Waals surface area contributed by atoms with Crippen molar-refractivity contribution in [2.24, 2.45) is 0 Å². The Morgan fingerprint density at radius 1 is 1.10 bits per heavy atom. The highest BCUT2D eigenvalue weighted by Gasteiger charge is 2.19. The van der Waals surface area contributed by atoms with Crippen LogP contribution in [0.1, 0.15) is 5.56 Å². The Morgan fingerprint density at radius 3 is 2.29 bits per heavy atom. The number of nitrogens with zero attached hydrogens (tertiary/aromatic N) is 1. The molecule has 0 aliphatic heterocycles. The molecule has 0 fully saturated rings. The zero-order valence-corrected chi connectivity index (χ0v) is 11.8. The second kappa shape index (κ2) is 6.60. The molecule has 6 nitrogen and oxygen atoms in total. The first-order valence-corrected chi connectivity index (χ1v) is 6.34. The predicted octanol–water partition coefficient (Wildman–Crippen LogP) is 3.22. The Morgan fingerprint density at radius 2 is 1.71 bits per heavy atom. The van der Waals surface area contributed by atoms with Crippen molar-refractivity contribution in [1.29, 1.82) is 0 Å². The van der Waals surface area contributed by atoms with Gasteiger partial charge in [-0.15, -0.1) is 0 Å². The molecular formula is C15H16N2O4. The number of benzene rings is 2. The van der Waals surface area contributed by atoms with Crippen molar-refractivity contribution < 1.29 is 14.4 Å². The van der Waals surface area contributed by atoms with Crippen molar-refractivity contribution in [1.82, 2.24) is 0 Å². The maximum atomic E-state index is 11.2. The SMILES string of the molecule is COc1cc(NCc2ccccc2)c([N+](=O)[O-])cc1OC. The lowest BCUT2D eigenvalue weighted by Crippen LogP contribution is -2.04. The summed E-state index contributed by atoms with van der Waals surface area (Å²) in [5, 5.41) is 14.2. The molecule has 0 bridgehead atoms. The van der Waals surface area contributed by atoms with Crippen molar-refractivity contribution in [2.75, 3.05) is 19.5 Å². The van der Waals surface area contributed by atoms with Gasteiger partial charge in [-0.05, 0) is 5.56 Å². The summed E-state index contributed by atoms with van der Waals surface area (Å²) in [4.78, 5) is 10.7. The van der Waals surface area contributed by atoms with Crippen LogP contribution in [0.2, 0.25) is 0 Å². The van der Waals surface area contributed by atoms with Gasteiger partial charge >= 0.3 is 0 Å². The van der Waals surface area contributed by atoms with Crippen LogP contribution in [0.25, 0.3) is 0 Å². The molecule has 0 saturated carbocycles. The summed E-state index contributed by atoms with van der Waals surface area (Å²) in [7, 11) is 2.93. The third-order valence-corrected chi connectivity index (χ3v) is 3.02. The van der Waals surface area contributed by atoms with E-state index in [4.69, 9.17) is 9.47 Å². The van der Waals surface area contributed by atoms with Gasteiger partial charge in [0.05, 0.1) is 25.2 Å². The number of anilines is 1. The molecule has 0 atom stereocenters. The number of hydrogen-bond acceptors (Lipinski definition) is 5. The van der Waals surface area contributed by atoms with Gasteiger partial charge in [0.1, 0.15) is 5.69 Å². The molecule has 0 spiro atoms. The normalized spacial score (nSPS) is 10.0. The minimum Gasteiger partial charge on any atom is -0.493 e. The third-order valence-electron chi connectivity index (χ3n) is 3.02. The highest BCUT2D eigenvalue weighted by atomic mass is 16.6. The van der Waals surface area contributed by atoms with Crippen molar-refractivity contribution >= 4 is 11.4 Å². The van der Waals surface area contributed by atoms with Gasteiger partial charge in [-0.25, -0.2) is 0 Å². The molecule has 0 unspecified atom stereocenters. The quantitative estimate of drug-likeness (QED) is 0.652. The molecule has 1 N–H and O–H groups in total. The molecule has 110 valence electrons. The largest absolute Gasteiger partial charge is 0.493 e. The Labute approximate surface area is 122 Å². The topological polar surface area (TPSA) is 73.6 Å². The molecule has 0 saturated heterocycles. The number of rotatable bonds is 6. The molecule has 2 aromatic carbocycles. The van der Waals surface area contributed by atoms with Gasteiger partial charge in [0.25, 0.3) is 5.69 Å². The molecule has 2 aromatic rings. The molecule has 6 heteroatoms. The lowest BCUT2D eigenvalue weighted by molar-refractivity contribution is -0.384. The Hall–Kier alpha value is -2.76. The number of nitro benzene ring substituents is 1. The van der Waals surface area contributed by atoms with Gasteiger partial charge < -0.3 is 14.8 Å². The van der Waals surface area contributed by atoms with Crippen LogP contribution >= 0.6 is 0 Å². The van der Waals surface area contributed by atoms with Gasteiger partial charge in [-0.2, -0.15) is 0 Å². The first kappa shape index (κ1) is 14.6. The van der Waals surface area contributed by atoms with E-state index in [2.05, 4.69) is 5.32 Å². The molecule has 0 heterocycles. The van der Waals surface area contributed by atoms with E-state index in [0.29, 0.717) is 23.7 Å². The molecule has 0 aliphatic rings. The van der Waals surface area contributed by atoms with Crippen molar-refractivity contribution in [2.45, 2.75) is 6.54 Å². The van der Waals surface area contributed by atoms with Gasteiger partial charge in [0.15, 0.2) is 11.5 Å². The van der Waals surface area contributed by atoms with E-state index in [9.17, 15) is 10.1 Å². The summed E-state index contributed by atoms with van der Waals surface area (Å²) in [6, 6.07) is 12.6. The molecular weight excluding hydrogens is 272 g/mol. The van der Waals surface area contributed by atoms with E-state index < -0.39 is 4.92 Å². The maximum absolute atomic E-state index is 11.2. The Balaban J connectivity index is 2.30. The predicted molar refractivity (Wildman–Crippen MR) is 80.0 cm³/mol. The van der Waals surface area contributed by atoms with Crippen LogP contribution in [-0.4, -0.2) is 19.1 Å². The van der Waals surface area contributed by atoms with Crippen LogP contribution in [-0.2, 0) is 6.54 Å². The van der Waals surface area contributed by atoms with Crippen molar-refractivity contribution in [3.8, 4) is 11.5 Å². The fraction of sp³-hybridized carbons (Fsp3) is 0.200. The number of hydrogen-bond donors (Lipinski definition) is 1. The van der Waals surface area contributed by atoms with Crippen LogP contribution in [0.15, 0.2) is 42.5 Å². The summed E-state index contributed by atoms with van der Waals surface area (Å²) < 4.78 is 10.3. The van der Waals surface area contributed by atoms with Crippen LogP contribution in [0.5, 0.6) is 11.5 Å². The molecule has 2 rings (SSSR count). The third kappa shape index (κ3) is 3.42. The molecule has 0 radical (unpaired) electrons. The van der Waals surface area contributed by atoms with E-state index >= 15 is 0 Å². The van der Waals surface area contributed by atoms with Crippen LogP contribution < -0.4 is 14.8 Å². The van der Waals surface area contributed by atoms with E-state index in [0.717, 1.165) is 5.56 Å². The van der Waals surface area contributed by atoms with E-state index in [1.807, 2.05) is 30.3 Å². The minimum absolute atomic E-state index is 0.0522. The second-order valence-corrected chi connectivity index (χ2v) is 4.32. The lowest BCUT2D eigenvalue weighted by atomic mass is 10.2. The van der Waals surface area contributed by atoms with Crippen LogP contribution in [0.3, 0.4) is 0 Å². The fourth-order valence-electron chi connectivity index (χ4n) is 1.95. The highest BCUT2D eigenvalue weighted by Crippen LogP contribution is 2.37. The summed E-state index contributed by atoms with van der Waals surface area (Å²) in [5.41, 5.74) is 1.37. The molecule has 0 aromatic heterocycles.